The van der Waals surface area contributed by atoms with E-state index in [1.165, 1.54) is 32.1 Å². The Morgan fingerprint density at radius 2 is 1.73 bits per heavy atom. The third-order valence-corrected chi connectivity index (χ3v) is 3.48. The predicted molar refractivity (Wildman–Crippen MR) is 68.2 cm³/mol. The van der Waals surface area contributed by atoms with E-state index in [1.54, 1.807) is 0 Å². The zero-order valence-electron chi connectivity index (χ0n) is 11.4. The lowest BCUT2D eigenvalue weighted by Gasteiger charge is -2.24. The molecule has 0 spiro atoms. The Hall–Kier alpha value is -0.0400. The quantitative estimate of drug-likeness (QED) is 0.542. The third kappa shape index (κ3) is 6.94. The van der Waals surface area contributed by atoms with E-state index in [0.717, 1.165) is 12.5 Å². The van der Waals surface area contributed by atoms with Gasteiger partial charge in [-0.1, -0.05) is 46.5 Å². The first kappa shape index (κ1) is 15.0. The van der Waals surface area contributed by atoms with Crippen LogP contribution >= 0.6 is 0 Å². The molecule has 0 bridgehead atoms. The van der Waals surface area contributed by atoms with Crippen LogP contribution in [0, 0.1) is 11.8 Å². The summed E-state index contributed by atoms with van der Waals surface area (Å²) in [6, 6.07) is 0. The molecular weight excluding hydrogens is 184 g/mol. The fourth-order valence-electron chi connectivity index (χ4n) is 2.13. The van der Waals surface area contributed by atoms with Gasteiger partial charge in [-0.3, -0.25) is 0 Å². The Balaban J connectivity index is 3.83. The van der Waals surface area contributed by atoms with Crippen LogP contribution in [0.1, 0.15) is 66.7 Å². The van der Waals surface area contributed by atoms with Crippen LogP contribution in [0.3, 0.4) is 0 Å². The van der Waals surface area contributed by atoms with Crippen LogP contribution < -0.4 is 0 Å². The zero-order valence-corrected chi connectivity index (χ0v) is 11.4. The smallest absolute Gasteiger partial charge is 0.0572 e. The molecule has 0 fully saturated rings. The van der Waals surface area contributed by atoms with Crippen LogP contribution in [0.15, 0.2) is 0 Å². The first-order valence-corrected chi connectivity index (χ1v) is 6.77. The summed E-state index contributed by atoms with van der Waals surface area (Å²) in [5.41, 5.74) is 0. The summed E-state index contributed by atoms with van der Waals surface area (Å²) in [6.07, 6.45) is 7.18. The molecule has 0 saturated heterocycles. The SMILES string of the molecule is CCCCC(CC)CC(C)C(C)OCC. The van der Waals surface area contributed by atoms with Gasteiger partial charge in [-0.05, 0) is 32.1 Å². The van der Waals surface area contributed by atoms with E-state index in [2.05, 4.69) is 34.6 Å². The maximum absolute atomic E-state index is 5.65. The van der Waals surface area contributed by atoms with Gasteiger partial charge in [-0.25, -0.2) is 0 Å². The Labute approximate surface area is 96.6 Å². The van der Waals surface area contributed by atoms with Crippen molar-refractivity contribution in [3.63, 3.8) is 0 Å². The molecule has 92 valence electrons. The Bertz CT molecular complexity index is 133. The largest absolute Gasteiger partial charge is 0.379 e. The van der Waals surface area contributed by atoms with Gasteiger partial charge >= 0.3 is 0 Å². The van der Waals surface area contributed by atoms with Gasteiger partial charge in [-0.2, -0.15) is 0 Å². The fraction of sp³-hybridized carbons (Fsp3) is 1.00. The van der Waals surface area contributed by atoms with Crippen molar-refractivity contribution in [1.82, 2.24) is 0 Å². The number of hydrogen-bond acceptors (Lipinski definition) is 1. The summed E-state index contributed by atoms with van der Waals surface area (Å²) >= 11 is 0. The second kappa shape index (κ2) is 9.21. The van der Waals surface area contributed by atoms with E-state index in [1.807, 2.05) is 0 Å². The average molecular weight is 214 g/mol. The first-order valence-electron chi connectivity index (χ1n) is 6.77. The molecule has 0 rings (SSSR count). The number of rotatable bonds is 9. The van der Waals surface area contributed by atoms with E-state index < -0.39 is 0 Å². The molecule has 0 aromatic carbocycles. The molecule has 0 aliphatic carbocycles. The van der Waals surface area contributed by atoms with Crippen molar-refractivity contribution in [2.75, 3.05) is 6.61 Å². The molecule has 0 radical (unpaired) electrons. The highest BCUT2D eigenvalue weighted by Gasteiger charge is 2.16. The topological polar surface area (TPSA) is 9.23 Å². The minimum absolute atomic E-state index is 0.422. The summed E-state index contributed by atoms with van der Waals surface area (Å²) < 4.78 is 5.65. The van der Waals surface area contributed by atoms with Crippen molar-refractivity contribution in [1.29, 1.82) is 0 Å². The summed E-state index contributed by atoms with van der Waals surface area (Å²) in [6.45, 7) is 12.1. The number of unbranched alkanes of at least 4 members (excludes halogenated alkanes) is 1. The highest BCUT2D eigenvalue weighted by atomic mass is 16.5. The molecule has 0 heterocycles. The average Bonchev–Trinajstić information content (AvgIpc) is 2.24. The molecule has 3 unspecified atom stereocenters. The first-order chi connectivity index (χ1) is 7.15. The highest BCUT2D eigenvalue weighted by molar-refractivity contribution is 4.67. The molecule has 0 aromatic rings. The van der Waals surface area contributed by atoms with Gasteiger partial charge < -0.3 is 4.74 Å². The lowest BCUT2D eigenvalue weighted by molar-refractivity contribution is 0.0300. The molecular formula is C14H30O. The molecule has 1 nitrogen and oxygen atoms in total. The van der Waals surface area contributed by atoms with E-state index in [9.17, 15) is 0 Å². The standard InChI is InChI=1S/C14H30O/c1-6-9-10-14(7-2)11-12(4)13(5)15-8-3/h12-14H,6-11H2,1-5H3. The van der Waals surface area contributed by atoms with Gasteiger partial charge in [-0.15, -0.1) is 0 Å². The van der Waals surface area contributed by atoms with Crippen LogP contribution in [-0.4, -0.2) is 12.7 Å². The van der Waals surface area contributed by atoms with Crippen molar-refractivity contribution in [3.8, 4) is 0 Å². The lowest BCUT2D eigenvalue weighted by atomic mass is 9.87. The summed E-state index contributed by atoms with van der Waals surface area (Å²) in [5.74, 6) is 1.61. The molecule has 1 heteroatoms. The fourth-order valence-corrected chi connectivity index (χ4v) is 2.13. The molecule has 0 N–H and O–H groups in total. The number of hydrogen-bond donors (Lipinski definition) is 0. The highest BCUT2D eigenvalue weighted by Crippen LogP contribution is 2.24. The normalized spacial score (nSPS) is 17.4. The van der Waals surface area contributed by atoms with Crippen molar-refractivity contribution in [2.24, 2.45) is 11.8 Å². The Kier molecular flexibility index (Phi) is 9.18. The lowest BCUT2D eigenvalue weighted by Crippen LogP contribution is -2.20. The predicted octanol–water partition coefficient (Wildman–Crippen LogP) is 4.65. The van der Waals surface area contributed by atoms with Crippen LogP contribution in [-0.2, 0) is 4.74 Å². The zero-order chi connectivity index (χ0) is 11.7. The van der Waals surface area contributed by atoms with E-state index in [-0.39, 0.29) is 0 Å². The third-order valence-electron chi connectivity index (χ3n) is 3.48. The van der Waals surface area contributed by atoms with Gasteiger partial charge in [0.2, 0.25) is 0 Å². The van der Waals surface area contributed by atoms with Gasteiger partial charge in [0.05, 0.1) is 6.10 Å². The summed E-state index contributed by atoms with van der Waals surface area (Å²) in [5, 5.41) is 0. The van der Waals surface area contributed by atoms with Gasteiger partial charge in [0.25, 0.3) is 0 Å². The molecule has 0 aromatic heterocycles. The van der Waals surface area contributed by atoms with Gasteiger partial charge in [0, 0.05) is 6.61 Å². The van der Waals surface area contributed by atoms with Crippen LogP contribution in [0.25, 0.3) is 0 Å². The molecule has 0 amide bonds. The molecule has 0 aliphatic rings. The van der Waals surface area contributed by atoms with Crippen molar-refractivity contribution in [3.05, 3.63) is 0 Å². The Morgan fingerprint density at radius 3 is 2.20 bits per heavy atom. The number of ether oxygens (including phenoxy) is 1. The summed E-state index contributed by atoms with van der Waals surface area (Å²) in [4.78, 5) is 0. The second-order valence-electron chi connectivity index (χ2n) is 4.79. The Morgan fingerprint density at radius 1 is 1.07 bits per heavy atom. The monoisotopic (exact) mass is 214 g/mol. The maximum Gasteiger partial charge on any atom is 0.0572 e. The minimum Gasteiger partial charge on any atom is -0.379 e. The minimum atomic E-state index is 0.422. The van der Waals surface area contributed by atoms with Gasteiger partial charge in [0.1, 0.15) is 0 Å². The van der Waals surface area contributed by atoms with Crippen LogP contribution in [0.4, 0.5) is 0 Å². The second-order valence-corrected chi connectivity index (χ2v) is 4.79. The molecule has 3 atom stereocenters. The van der Waals surface area contributed by atoms with Crippen molar-refractivity contribution >= 4 is 0 Å². The van der Waals surface area contributed by atoms with Gasteiger partial charge in [0.15, 0.2) is 0 Å². The summed E-state index contributed by atoms with van der Waals surface area (Å²) in [7, 11) is 0. The van der Waals surface area contributed by atoms with Crippen molar-refractivity contribution < 1.29 is 4.74 Å². The van der Waals surface area contributed by atoms with E-state index in [0.29, 0.717) is 12.0 Å². The molecule has 15 heavy (non-hydrogen) atoms. The van der Waals surface area contributed by atoms with E-state index >= 15 is 0 Å². The maximum atomic E-state index is 5.65. The van der Waals surface area contributed by atoms with E-state index in [4.69, 9.17) is 4.74 Å². The molecule has 0 aliphatic heterocycles. The van der Waals surface area contributed by atoms with Crippen LogP contribution in [0.2, 0.25) is 0 Å². The van der Waals surface area contributed by atoms with Crippen molar-refractivity contribution in [2.45, 2.75) is 72.8 Å². The van der Waals surface area contributed by atoms with Crippen LogP contribution in [0.5, 0.6) is 0 Å². The molecule has 0 saturated carbocycles.